The third kappa shape index (κ3) is 4.37. The van der Waals surface area contributed by atoms with Gasteiger partial charge in [0, 0.05) is 30.6 Å². The number of aliphatic hydroxyl groups is 1. The molecule has 4 rings (SSSR count). The Balaban J connectivity index is 1.50. The van der Waals surface area contributed by atoms with Crippen molar-refractivity contribution in [2.24, 2.45) is 0 Å². The zero-order valence-electron chi connectivity index (χ0n) is 17.0. The highest BCUT2D eigenvalue weighted by Gasteiger charge is 2.23. The molecule has 0 spiro atoms. The zero-order chi connectivity index (χ0) is 20.9. The van der Waals surface area contributed by atoms with Crippen LogP contribution in [0.5, 0.6) is 0 Å². The summed E-state index contributed by atoms with van der Waals surface area (Å²) in [7, 11) is 1.58. The van der Waals surface area contributed by atoms with Crippen molar-refractivity contribution in [3.63, 3.8) is 0 Å². The first kappa shape index (κ1) is 20.1. The second kappa shape index (κ2) is 9.11. The summed E-state index contributed by atoms with van der Waals surface area (Å²) in [4.78, 5) is 14.7. The summed E-state index contributed by atoms with van der Waals surface area (Å²) in [6.45, 7) is 1.000. The molecule has 1 aliphatic rings. The highest BCUT2D eigenvalue weighted by molar-refractivity contribution is 6.04. The molecule has 3 aromatic carbocycles. The van der Waals surface area contributed by atoms with Crippen molar-refractivity contribution in [3.8, 4) is 11.1 Å². The van der Waals surface area contributed by atoms with Gasteiger partial charge in [0.15, 0.2) is 6.23 Å². The molecule has 0 aliphatic carbocycles. The molecule has 30 heavy (non-hydrogen) atoms. The summed E-state index contributed by atoms with van der Waals surface area (Å²) in [5.41, 5.74) is 5.62. The number of hydrogen-bond donors (Lipinski definition) is 2. The van der Waals surface area contributed by atoms with E-state index in [0.717, 1.165) is 36.2 Å². The van der Waals surface area contributed by atoms with Gasteiger partial charge in [0.25, 0.3) is 5.91 Å². The van der Waals surface area contributed by atoms with Gasteiger partial charge in [-0.05, 0) is 53.8 Å². The molecular weight excluding hydrogens is 376 g/mol. The molecule has 0 saturated carbocycles. The molecule has 2 N–H and O–H groups in total. The minimum absolute atomic E-state index is 0.158. The van der Waals surface area contributed by atoms with Crippen molar-refractivity contribution in [2.45, 2.75) is 19.1 Å². The van der Waals surface area contributed by atoms with E-state index in [-0.39, 0.29) is 12.5 Å². The first-order valence-corrected chi connectivity index (χ1v) is 10.2. The number of benzene rings is 3. The Hall–Kier alpha value is -3.15. The first-order chi connectivity index (χ1) is 14.7. The molecule has 0 radical (unpaired) electrons. The number of anilines is 2. The number of aliphatic hydroxyl groups excluding tert-OH is 1. The number of nitrogens with one attached hydrogen (secondary N) is 1. The fourth-order valence-corrected chi connectivity index (χ4v) is 3.88. The van der Waals surface area contributed by atoms with Crippen LogP contribution >= 0.6 is 0 Å². The van der Waals surface area contributed by atoms with Gasteiger partial charge in [0.05, 0.1) is 6.61 Å². The highest BCUT2D eigenvalue weighted by Crippen LogP contribution is 2.31. The smallest absolute Gasteiger partial charge is 0.255 e. The molecule has 5 heteroatoms. The van der Waals surface area contributed by atoms with Crippen molar-refractivity contribution in [1.29, 1.82) is 0 Å². The summed E-state index contributed by atoms with van der Waals surface area (Å²) >= 11 is 0. The van der Waals surface area contributed by atoms with E-state index in [1.165, 1.54) is 5.56 Å². The maximum Gasteiger partial charge on any atom is 0.255 e. The normalized spacial score (nSPS) is 14.1. The zero-order valence-corrected chi connectivity index (χ0v) is 17.0. The molecule has 1 atom stereocenters. The SMILES string of the molecule is COCC(O)N1CCCc2ccc(NC(=O)c3ccc(-c4ccccc4)cc3)cc21. The molecular formula is C25H26N2O3. The maximum absolute atomic E-state index is 12.8. The predicted molar refractivity (Wildman–Crippen MR) is 120 cm³/mol. The van der Waals surface area contributed by atoms with E-state index < -0.39 is 6.23 Å². The van der Waals surface area contributed by atoms with Crippen LogP contribution in [-0.2, 0) is 11.2 Å². The molecule has 5 nitrogen and oxygen atoms in total. The lowest BCUT2D eigenvalue weighted by Crippen LogP contribution is -2.41. The predicted octanol–water partition coefficient (Wildman–Crippen LogP) is 4.32. The number of rotatable bonds is 6. The van der Waals surface area contributed by atoms with Gasteiger partial charge in [-0.1, -0.05) is 48.5 Å². The van der Waals surface area contributed by atoms with E-state index in [9.17, 15) is 9.90 Å². The van der Waals surface area contributed by atoms with Crippen LogP contribution in [0.1, 0.15) is 22.3 Å². The van der Waals surface area contributed by atoms with Crippen LogP contribution < -0.4 is 10.2 Å². The van der Waals surface area contributed by atoms with Gasteiger partial charge < -0.3 is 20.1 Å². The fraction of sp³-hybridized carbons (Fsp3) is 0.240. The largest absolute Gasteiger partial charge is 0.380 e. The van der Waals surface area contributed by atoms with E-state index >= 15 is 0 Å². The molecule has 0 fully saturated rings. The minimum Gasteiger partial charge on any atom is -0.380 e. The highest BCUT2D eigenvalue weighted by atomic mass is 16.5. The van der Waals surface area contributed by atoms with Crippen LogP contribution in [0, 0.1) is 0 Å². The van der Waals surface area contributed by atoms with Gasteiger partial charge in [0.2, 0.25) is 0 Å². The summed E-state index contributed by atoms with van der Waals surface area (Å²) in [6.07, 6.45) is 1.24. The lowest BCUT2D eigenvalue weighted by atomic mass is 10.0. The van der Waals surface area contributed by atoms with Crippen LogP contribution in [0.2, 0.25) is 0 Å². The Kier molecular flexibility index (Phi) is 6.12. The van der Waals surface area contributed by atoms with Crippen LogP contribution in [0.3, 0.4) is 0 Å². The van der Waals surface area contributed by atoms with Crippen molar-refractivity contribution >= 4 is 17.3 Å². The quantitative estimate of drug-likeness (QED) is 0.645. The maximum atomic E-state index is 12.8. The third-order valence-electron chi connectivity index (χ3n) is 5.43. The Morgan fingerprint density at radius 2 is 1.80 bits per heavy atom. The molecule has 0 saturated heterocycles. The molecule has 154 valence electrons. The van der Waals surface area contributed by atoms with Gasteiger partial charge in [-0.15, -0.1) is 0 Å². The van der Waals surface area contributed by atoms with Gasteiger partial charge in [0.1, 0.15) is 0 Å². The topological polar surface area (TPSA) is 61.8 Å². The number of fused-ring (bicyclic) bond motifs is 1. The Morgan fingerprint density at radius 1 is 1.07 bits per heavy atom. The second-order valence-corrected chi connectivity index (χ2v) is 7.47. The van der Waals surface area contributed by atoms with Crippen molar-refractivity contribution in [1.82, 2.24) is 0 Å². The summed E-state index contributed by atoms with van der Waals surface area (Å²) in [5.74, 6) is -0.158. The molecule has 0 bridgehead atoms. The Labute approximate surface area is 176 Å². The number of nitrogens with zero attached hydrogens (tertiary/aromatic N) is 1. The molecule has 3 aromatic rings. The Bertz CT molecular complexity index is 1000. The average molecular weight is 402 g/mol. The molecule has 1 amide bonds. The number of hydrogen-bond acceptors (Lipinski definition) is 4. The van der Waals surface area contributed by atoms with Gasteiger partial charge in [-0.3, -0.25) is 4.79 Å². The number of methoxy groups -OCH3 is 1. The third-order valence-corrected chi connectivity index (χ3v) is 5.43. The number of ether oxygens (including phenoxy) is 1. The Morgan fingerprint density at radius 3 is 2.53 bits per heavy atom. The van der Waals surface area contributed by atoms with Crippen molar-refractivity contribution in [3.05, 3.63) is 83.9 Å². The monoisotopic (exact) mass is 402 g/mol. The van der Waals surface area contributed by atoms with Crippen LogP contribution in [0.4, 0.5) is 11.4 Å². The number of carbonyl (C=O) groups excluding carboxylic acids is 1. The fourth-order valence-electron chi connectivity index (χ4n) is 3.88. The van der Waals surface area contributed by atoms with E-state index in [1.54, 1.807) is 7.11 Å². The van der Waals surface area contributed by atoms with E-state index in [1.807, 2.05) is 77.7 Å². The molecule has 1 heterocycles. The van der Waals surface area contributed by atoms with Gasteiger partial charge in [-0.2, -0.15) is 0 Å². The van der Waals surface area contributed by atoms with Gasteiger partial charge in [-0.25, -0.2) is 0 Å². The van der Waals surface area contributed by atoms with Crippen molar-refractivity contribution in [2.75, 3.05) is 30.5 Å². The average Bonchev–Trinajstić information content (AvgIpc) is 2.79. The van der Waals surface area contributed by atoms with E-state index in [0.29, 0.717) is 11.3 Å². The number of carbonyl (C=O) groups is 1. The lowest BCUT2D eigenvalue weighted by Gasteiger charge is -2.35. The number of amides is 1. The van der Waals surface area contributed by atoms with Crippen LogP contribution in [-0.4, -0.2) is 37.5 Å². The van der Waals surface area contributed by atoms with E-state index in [2.05, 4.69) is 5.32 Å². The van der Waals surface area contributed by atoms with Crippen LogP contribution in [0.25, 0.3) is 11.1 Å². The minimum atomic E-state index is -0.703. The van der Waals surface area contributed by atoms with Crippen LogP contribution in [0.15, 0.2) is 72.8 Å². The second-order valence-electron chi connectivity index (χ2n) is 7.47. The lowest BCUT2D eigenvalue weighted by molar-refractivity contribution is 0.0612. The first-order valence-electron chi connectivity index (χ1n) is 10.2. The summed E-state index contributed by atoms with van der Waals surface area (Å²) in [5, 5.41) is 13.4. The number of aryl methyl sites for hydroxylation is 1. The standard InChI is InChI=1S/C25H26N2O3/c1-30-17-24(28)27-15-5-8-20-13-14-22(16-23(20)27)26-25(29)21-11-9-19(10-12-21)18-6-3-2-4-7-18/h2-4,6-7,9-14,16,24,28H,5,8,15,17H2,1H3,(H,26,29). The van der Waals surface area contributed by atoms with Crippen molar-refractivity contribution < 1.29 is 14.6 Å². The molecule has 1 unspecified atom stereocenters. The van der Waals surface area contributed by atoms with Gasteiger partial charge >= 0.3 is 0 Å². The summed E-state index contributed by atoms with van der Waals surface area (Å²) < 4.78 is 5.10. The van der Waals surface area contributed by atoms with E-state index in [4.69, 9.17) is 4.74 Å². The summed E-state index contributed by atoms with van der Waals surface area (Å²) in [6, 6.07) is 23.5. The molecule has 1 aliphatic heterocycles. The molecule has 0 aromatic heterocycles.